The van der Waals surface area contributed by atoms with E-state index in [0.29, 0.717) is 0 Å². The van der Waals surface area contributed by atoms with Crippen molar-refractivity contribution in [2.24, 2.45) is 5.73 Å². The zero-order chi connectivity index (χ0) is 7.71. The van der Waals surface area contributed by atoms with Gasteiger partial charge in [0.15, 0.2) is 5.60 Å². The molecule has 0 spiro atoms. The average Bonchev–Trinajstić information content (AvgIpc) is 1.64. The zero-order valence-corrected chi connectivity index (χ0v) is 6.78. The molecule has 0 amide bonds. The van der Waals surface area contributed by atoms with Crippen LogP contribution in [0.2, 0.25) is 0 Å². The lowest BCUT2D eigenvalue weighted by Gasteiger charge is -2.31. The summed E-state index contributed by atoms with van der Waals surface area (Å²) >= 11 is 0. The summed E-state index contributed by atoms with van der Waals surface area (Å²) in [5.41, 5.74) is 4.86. The molecule has 0 aliphatic heterocycles. The minimum atomic E-state index is -0.493. The Morgan fingerprint density at radius 3 is 1.67 bits per heavy atom. The highest BCUT2D eigenvalue weighted by Crippen LogP contribution is 2.21. The first-order chi connectivity index (χ1) is 3.81. The molecule has 0 radical (unpaired) electrons. The van der Waals surface area contributed by atoms with Gasteiger partial charge in [0.05, 0.1) is 5.54 Å². The molecular formula is C7H18NO+. The van der Waals surface area contributed by atoms with E-state index in [1.165, 1.54) is 0 Å². The third-order valence-corrected chi connectivity index (χ3v) is 2.13. The normalized spacial score (nSPS) is 19.3. The van der Waals surface area contributed by atoms with Gasteiger partial charge >= 0.3 is 0 Å². The Hall–Kier alpha value is -0.0800. The molecule has 0 aromatic rings. The van der Waals surface area contributed by atoms with Crippen LogP contribution in [0, 0.1) is 0 Å². The first-order valence-electron chi connectivity index (χ1n) is 3.35. The van der Waals surface area contributed by atoms with E-state index in [0.717, 1.165) is 6.42 Å². The number of hydrogen-bond acceptors (Lipinski definition) is 1. The van der Waals surface area contributed by atoms with E-state index < -0.39 is 5.60 Å². The minimum absolute atomic E-state index is 0.387. The van der Waals surface area contributed by atoms with E-state index in [2.05, 4.69) is 0 Å². The molecule has 0 aliphatic rings. The van der Waals surface area contributed by atoms with Gasteiger partial charge in [0.2, 0.25) is 0 Å². The van der Waals surface area contributed by atoms with Gasteiger partial charge in [-0.15, -0.1) is 0 Å². The van der Waals surface area contributed by atoms with Crippen LogP contribution in [0.25, 0.3) is 0 Å². The molecule has 0 heterocycles. The second-order valence-corrected chi connectivity index (χ2v) is 3.41. The van der Waals surface area contributed by atoms with E-state index in [1.807, 2.05) is 27.7 Å². The van der Waals surface area contributed by atoms with Crippen molar-refractivity contribution in [3.05, 3.63) is 0 Å². The van der Waals surface area contributed by atoms with E-state index >= 15 is 0 Å². The highest BCUT2D eigenvalue weighted by atomic mass is 16.3. The molecule has 0 bridgehead atoms. The molecule has 0 aliphatic carbocycles. The van der Waals surface area contributed by atoms with Crippen LogP contribution in [0.1, 0.15) is 34.1 Å². The summed E-state index contributed by atoms with van der Waals surface area (Å²) in [5, 5.41) is 7.70. The van der Waals surface area contributed by atoms with Gasteiger partial charge in [0, 0.05) is 13.3 Å². The summed E-state index contributed by atoms with van der Waals surface area (Å²) in [7, 11) is 0. The Kier molecular flexibility index (Phi) is 2.25. The summed E-state index contributed by atoms with van der Waals surface area (Å²) in [6, 6.07) is 0. The summed E-state index contributed by atoms with van der Waals surface area (Å²) in [6.07, 6.45) is 0.802. The van der Waals surface area contributed by atoms with Gasteiger partial charge in [0.1, 0.15) is 0 Å². The summed E-state index contributed by atoms with van der Waals surface area (Å²) in [4.78, 5) is 0. The molecule has 2 nitrogen and oxygen atoms in total. The maximum Gasteiger partial charge on any atom is 0.178 e. The summed E-state index contributed by atoms with van der Waals surface area (Å²) in [5.74, 6) is 0. The highest BCUT2D eigenvalue weighted by molar-refractivity contribution is 4.92. The Bertz CT molecular complexity index is 91.6. The van der Waals surface area contributed by atoms with Gasteiger partial charge in [-0.25, -0.2) is 0 Å². The fourth-order valence-electron chi connectivity index (χ4n) is 0.456. The van der Waals surface area contributed by atoms with Gasteiger partial charge in [-0.2, -0.15) is 0 Å². The Morgan fingerprint density at radius 1 is 1.33 bits per heavy atom. The van der Waals surface area contributed by atoms with Gasteiger partial charge in [-0.3, -0.25) is 0 Å². The molecule has 9 heavy (non-hydrogen) atoms. The van der Waals surface area contributed by atoms with Gasteiger partial charge in [-0.05, 0) is 13.8 Å². The molecule has 0 fully saturated rings. The zero-order valence-electron chi connectivity index (χ0n) is 6.78. The van der Waals surface area contributed by atoms with Crippen molar-refractivity contribution in [3.8, 4) is 0 Å². The lowest BCUT2D eigenvalue weighted by molar-refractivity contribution is -0.00710. The van der Waals surface area contributed by atoms with Gasteiger partial charge < -0.3 is 10.8 Å². The number of hydrogen-bond donors (Lipinski definition) is 1. The third kappa shape index (κ3) is 1.95. The first-order valence-corrected chi connectivity index (χ1v) is 3.35. The second kappa shape index (κ2) is 2.27. The van der Waals surface area contributed by atoms with Crippen molar-refractivity contribution < 1.29 is 5.11 Å². The Balaban J connectivity index is 4.14. The molecule has 0 saturated carbocycles. The molecular weight excluding hydrogens is 114 g/mol. The van der Waals surface area contributed by atoms with Crippen LogP contribution >= 0.6 is 0 Å². The predicted octanol–water partition coefficient (Wildman–Crippen LogP) is 0.617. The van der Waals surface area contributed by atoms with Crippen LogP contribution in [-0.2, 0) is 0 Å². The fraction of sp³-hybridized carbons (Fsp3) is 1.00. The van der Waals surface area contributed by atoms with Crippen molar-refractivity contribution in [3.63, 3.8) is 0 Å². The molecule has 2 heteroatoms. The SMILES string of the molecule is CCC(C)([OH2+])C(C)(C)N. The topological polar surface area (TPSA) is 48.9 Å². The van der Waals surface area contributed by atoms with Gasteiger partial charge in [0.25, 0.3) is 0 Å². The molecule has 0 aromatic heterocycles. The third-order valence-electron chi connectivity index (χ3n) is 2.13. The quantitative estimate of drug-likeness (QED) is 0.550. The molecule has 0 rings (SSSR count). The molecule has 1 atom stereocenters. The summed E-state index contributed by atoms with van der Waals surface area (Å²) < 4.78 is 0. The Morgan fingerprint density at radius 2 is 1.67 bits per heavy atom. The molecule has 56 valence electrons. The molecule has 0 saturated heterocycles. The van der Waals surface area contributed by atoms with E-state index in [4.69, 9.17) is 10.8 Å². The molecule has 4 N–H and O–H groups in total. The lowest BCUT2D eigenvalue weighted by Crippen LogP contribution is -2.54. The van der Waals surface area contributed by atoms with Crippen LogP contribution in [0.3, 0.4) is 0 Å². The fourth-order valence-corrected chi connectivity index (χ4v) is 0.456. The first kappa shape index (κ1) is 8.92. The lowest BCUT2D eigenvalue weighted by atomic mass is 9.83. The van der Waals surface area contributed by atoms with E-state index in [1.54, 1.807) is 0 Å². The van der Waals surface area contributed by atoms with Crippen molar-refractivity contribution >= 4 is 0 Å². The standard InChI is InChI=1S/C7H17NO/c1-5-7(4,9)6(2,3)8/h9H,5,8H2,1-4H3/p+1. The second-order valence-electron chi connectivity index (χ2n) is 3.41. The average molecular weight is 132 g/mol. The van der Waals surface area contributed by atoms with Crippen LogP contribution < -0.4 is 5.73 Å². The largest absolute Gasteiger partial charge is 0.440 e. The maximum absolute atomic E-state index is 7.70. The van der Waals surface area contributed by atoms with Crippen LogP contribution in [-0.4, -0.2) is 16.2 Å². The van der Waals surface area contributed by atoms with Crippen LogP contribution in [0.5, 0.6) is 0 Å². The molecule has 1 unspecified atom stereocenters. The number of rotatable bonds is 2. The monoisotopic (exact) mass is 132 g/mol. The predicted molar refractivity (Wildman–Crippen MR) is 40.6 cm³/mol. The smallest absolute Gasteiger partial charge is 0.178 e. The van der Waals surface area contributed by atoms with Crippen LogP contribution in [0.15, 0.2) is 0 Å². The van der Waals surface area contributed by atoms with Gasteiger partial charge in [-0.1, -0.05) is 6.92 Å². The van der Waals surface area contributed by atoms with Crippen molar-refractivity contribution in [1.82, 2.24) is 0 Å². The maximum atomic E-state index is 7.70. The molecule has 0 aromatic carbocycles. The number of nitrogens with two attached hydrogens (primary N) is 1. The summed E-state index contributed by atoms with van der Waals surface area (Å²) in [6.45, 7) is 7.64. The van der Waals surface area contributed by atoms with E-state index in [9.17, 15) is 0 Å². The van der Waals surface area contributed by atoms with Crippen molar-refractivity contribution in [2.45, 2.75) is 45.3 Å². The minimum Gasteiger partial charge on any atom is -0.440 e. The van der Waals surface area contributed by atoms with Crippen molar-refractivity contribution in [2.75, 3.05) is 0 Å². The van der Waals surface area contributed by atoms with Crippen LogP contribution in [0.4, 0.5) is 0 Å². The highest BCUT2D eigenvalue weighted by Gasteiger charge is 2.38. The van der Waals surface area contributed by atoms with E-state index in [-0.39, 0.29) is 5.54 Å². The van der Waals surface area contributed by atoms with Crippen molar-refractivity contribution in [1.29, 1.82) is 0 Å². The Labute approximate surface area is 57.1 Å².